The lowest BCUT2D eigenvalue weighted by atomic mass is 10.1. The van der Waals surface area contributed by atoms with E-state index in [1.165, 1.54) is 16.9 Å². The van der Waals surface area contributed by atoms with Gasteiger partial charge in [-0.15, -0.1) is 15.0 Å². The molecule has 0 bridgehead atoms. The third-order valence-corrected chi connectivity index (χ3v) is 3.15. The third kappa shape index (κ3) is 2.38. The summed E-state index contributed by atoms with van der Waals surface area (Å²) in [6, 6.07) is 6.05. The zero-order valence-electron chi connectivity index (χ0n) is 9.88. The highest BCUT2D eigenvalue weighted by Gasteiger charge is 2.17. The topological polar surface area (TPSA) is 55.6 Å². The van der Waals surface area contributed by atoms with Gasteiger partial charge in [-0.05, 0) is 54.9 Å². The second-order valence-corrected chi connectivity index (χ2v) is 4.53. The molecule has 1 fully saturated rings. The highest BCUT2D eigenvalue weighted by molar-refractivity contribution is 5.28. The smallest absolute Gasteiger partial charge is 0.175 e. The second-order valence-electron chi connectivity index (χ2n) is 4.53. The Kier molecular flexibility index (Phi) is 3.02. The van der Waals surface area contributed by atoms with Gasteiger partial charge in [0, 0.05) is 6.42 Å². The molecule has 0 aliphatic carbocycles. The summed E-state index contributed by atoms with van der Waals surface area (Å²) in [7, 11) is 0. The van der Waals surface area contributed by atoms with Gasteiger partial charge in [0.25, 0.3) is 0 Å². The summed E-state index contributed by atoms with van der Waals surface area (Å²) in [4.78, 5) is 1.44. The van der Waals surface area contributed by atoms with Gasteiger partial charge in [0.2, 0.25) is 0 Å². The Balaban J connectivity index is 1.74. The zero-order valence-corrected chi connectivity index (χ0v) is 9.88. The number of rotatable bonds is 3. The van der Waals surface area contributed by atoms with Gasteiger partial charge in [-0.3, -0.25) is 0 Å². The van der Waals surface area contributed by atoms with Crippen LogP contribution in [0.3, 0.4) is 0 Å². The van der Waals surface area contributed by atoms with Crippen LogP contribution >= 0.6 is 0 Å². The summed E-state index contributed by atoms with van der Waals surface area (Å²) >= 11 is 0. The van der Waals surface area contributed by atoms with E-state index in [1.54, 1.807) is 12.1 Å². The summed E-state index contributed by atoms with van der Waals surface area (Å²) in [5, 5.41) is 15.7. The molecule has 1 aliphatic rings. The first-order chi connectivity index (χ1) is 8.81. The number of aromatic nitrogens is 4. The molecule has 1 saturated heterocycles. The molecule has 1 unspecified atom stereocenters. The van der Waals surface area contributed by atoms with Crippen molar-refractivity contribution in [2.75, 3.05) is 13.1 Å². The number of hydrogen-bond donors (Lipinski definition) is 1. The van der Waals surface area contributed by atoms with E-state index in [0.717, 1.165) is 37.4 Å². The molecule has 18 heavy (non-hydrogen) atoms. The van der Waals surface area contributed by atoms with Crippen molar-refractivity contribution in [1.82, 2.24) is 25.5 Å². The molecule has 3 rings (SSSR count). The largest absolute Gasteiger partial charge is 0.316 e. The molecule has 1 aromatic heterocycles. The zero-order chi connectivity index (χ0) is 12.4. The maximum absolute atomic E-state index is 12.8. The van der Waals surface area contributed by atoms with Gasteiger partial charge in [-0.2, -0.15) is 0 Å². The van der Waals surface area contributed by atoms with E-state index in [4.69, 9.17) is 0 Å². The first-order valence-electron chi connectivity index (χ1n) is 6.07. The van der Waals surface area contributed by atoms with E-state index >= 15 is 0 Å². The summed E-state index contributed by atoms with van der Waals surface area (Å²) in [6.45, 7) is 2.09. The number of hydrogen-bond acceptors (Lipinski definition) is 4. The van der Waals surface area contributed by atoms with Crippen molar-refractivity contribution in [3.05, 3.63) is 35.9 Å². The molecular formula is C12H14FN5. The van der Waals surface area contributed by atoms with Gasteiger partial charge in [-0.25, -0.2) is 4.39 Å². The fourth-order valence-electron chi connectivity index (χ4n) is 2.16. The lowest BCUT2D eigenvalue weighted by Gasteiger charge is -2.02. The molecule has 2 heterocycles. The molecule has 0 amide bonds. The first kappa shape index (κ1) is 11.3. The quantitative estimate of drug-likeness (QED) is 0.877. The average molecular weight is 247 g/mol. The van der Waals surface area contributed by atoms with Crippen molar-refractivity contribution in [3.63, 3.8) is 0 Å². The maximum Gasteiger partial charge on any atom is 0.175 e. The highest BCUT2D eigenvalue weighted by atomic mass is 19.1. The predicted molar refractivity (Wildman–Crippen MR) is 63.8 cm³/mol. The van der Waals surface area contributed by atoms with Crippen molar-refractivity contribution >= 4 is 0 Å². The monoisotopic (exact) mass is 247 g/mol. The van der Waals surface area contributed by atoms with E-state index in [-0.39, 0.29) is 5.82 Å². The van der Waals surface area contributed by atoms with Crippen LogP contribution < -0.4 is 5.32 Å². The Bertz CT molecular complexity index is 516. The van der Waals surface area contributed by atoms with Crippen molar-refractivity contribution in [3.8, 4) is 5.69 Å². The van der Waals surface area contributed by atoms with Crippen molar-refractivity contribution < 1.29 is 4.39 Å². The van der Waals surface area contributed by atoms with Crippen LogP contribution in [0.25, 0.3) is 5.69 Å². The Hall–Kier alpha value is -1.82. The van der Waals surface area contributed by atoms with Crippen LogP contribution in [0.1, 0.15) is 12.2 Å². The van der Waals surface area contributed by atoms with Crippen LogP contribution in [0.4, 0.5) is 4.39 Å². The SMILES string of the molecule is Fc1ccc(-n2nnc(CC3CCNC3)n2)cc1. The minimum Gasteiger partial charge on any atom is -0.316 e. The summed E-state index contributed by atoms with van der Waals surface area (Å²) in [5.41, 5.74) is 0.722. The van der Waals surface area contributed by atoms with Crippen molar-refractivity contribution in [2.45, 2.75) is 12.8 Å². The van der Waals surface area contributed by atoms with Crippen molar-refractivity contribution in [2.24, 2.45) is 5.92 Å². The predicted octanol–water partition coefficient (Wildman–Crippen LogP) is 0.953. The number of tetrazole rings is 1. The fraction of sp³-hybridized carbons (Fsp3) is 0.417. The third-order valence-electron chi connectivity index (χ3n) is 3.15. The van der Waals surface area contributed by atoms with E-state index in [1.807, 2.05) is 0 Å². The second kappa shape index (κ2) is 4.81. The van der Waals surface area contributed by atoms with Crippen LogP contribution in [-0.2, 0) is 6.42 Å². The Labute approximate surface area is 104 Å². The van der Waals surface area contributed by atoms with E-state index in [0.29, 0.717) is 5.92 Å². The Morgan fingerprint density at radius 3 is 2.89 bits per heavy atom. The molecule has 1 atom stereocenters. The summed E-state index contributed by atoms with van der Waals surface area (Å²) in [5.74, 6) is 1.07. The van der Waals surface area contributed by atoms with Crippen LogP contribution in [0.2, 0.25) is 0 Å². The minimum atomic E-state index is -0.267. The standard InChI is InChI=1S/C12H14FN5/c13-10-1-3-11(4-2-10)18-16-12(15-17-18)7-9-5-6-14-8-9/h1-4,9,14H,5-8H2. The van der Waals surface area contributed by atoms with Gasteiger partial charge in [0.1, 0.15) is 5.82 Å². The van der Waals surface area contributed by atoms with Gasteiger partial charge in [-0.1, -0.05) is 0 Å². The lowest BCUT2D eigenvalue weighted by molar-refractivity contribution is 0.560. The van der Waals surface area contributed by atoms with Crippen LogP contribution in [-0.4, -0.2) is 33.3 Å². The van der Waals surface area contributed by atoms with Crippen LogP contribution in [0.15, 0.2) is 24.3 Å². The van der Waals surface area contributed by atoms with Gasteiger partial charge < -0.3 is 5.32 Å². The maximum atomic E-state index is 12.8. The van der Waals surface area contributed by atoms with E-state index in [9.17, 15) is 4.39 Å². The Morgan fingerprint density at radius 1 is 1.33 bits per heavy atom. The van der Waals surface area contributed by atoms with E-state index < -0.39 is 0 Å². The molecule has 0 radical (unpaired) electrons. The van der Waals surface area contributed by atoms with Gasteiger partial charge in [0.05, 0.1) is 5.69 Å². The minimum absolute atomic E-state index is 0.267. The van der Waals surface area contributed by atoms with E-state index in [2.05, 4.69) is 20.7 Å². The lowest BCUT2D eigenvalue weighted by Crippen LogP contribution is -2.11. The van der Waals surface area contributed by atoms with Crippen molar-refractivity contribution in [1.29, 1.82) is 0 Å². The fourth-order valence-corrected chi connectivity index (χ4v) is 2.16. The normalized spacial score (nSPS) is 19.3. The molecule has 1 aliphatic heterocycles. The molecule has 6 heteroatoms. The molecule has 1 N–H and O–H groups in total. The summed E-state index contributed by atoms with van der Waals surface area (Å²) < 4.78 is 12.8. The molecule has 2 aromatic rings. The van der Waals surface area contributed by atoms with Crippen LogP contribution in [0.5, 0.6) is 0 Å². The molecule has 5 nitrogen and oxygen atoms in total. The first-order valence-corrected chi connectivity index (χ1v) is 6.07. The highest BCUT2D eigenvalue weighted by Crippen LogP contribution is 2.12. The van der Waals surface area contributed by atoms with Crippen LogP contribution in [0, 0.1) is 11.7 Å². The number of nitrogens with one attached hydrogen (secondary N) is 1. The molecule has 94 valence electrons. The van der Waals surface area contributed by atoms with Gasteiger partial charge in [0.15, 0.2) is 5.82 Å². The molecule has 1 aromatic carbocycles. The number of halogens is 1. The van der Waals surface area contributed by atoms with Gasteiger partial charge >= 0.3 is 0 Å². The number of benzene rings is 1. The molecular weight excluding hydrogens is 233 g/mol. The number of nitrogens with zero attached hydrogens (tertiary/aromatic N) is 4. The molecule has 0 spiro atoms. The summed E-state index contributed by atoms with van der Waals surface area (Å²) in [6.07, 6.45) is 2.00. The molecule has 0 saturated carbocycles. The average Bonchev–Trinajstić information content (AvgIpc) is 3.02. The Morgan fingerprint density at radius 2 is 2.17 bits per heavy atom.